The number of benzene rings is 10. The number of nitrogens with two attached hydrogens (primary N) is 6. The van der Waals surface area contributed by atoms with Crippen LogP contribution < -0.4 is 60.4 Å². The highest BCUT2D eigenvalue weighted by Crippen LogP contribution is 2.24. The first-order valence-electron chi connectivity index (χ1n) is 42.8. The van der Waals surface area contributed by atoms with Crippen LogP contribution in [0.25, 0.3) is 0 Å². The lowest BCUT2D eigenvalue weighted by Crippen LogP contribution is -2.20. The van der Waals surface area contributed by atoms with Gasteiger partial charge >= 0.3 is 12.1 Å². The van der Waals surface area contributed by atoms with Crippen molar-refractivity contribution < 1.29 is 48.2 Å². The van der Waals surface area contributed by atoms with Crippen LogP contribution in [0.2, 0.25) is 19.6 Å². The van der Waals surface area contributed by atoms with Crippen LogP contribution in [0, 0.1) is 137 Å². The molecule has 24 heteroatoms. The average Bonchev–Trinajstić information content (AvgIpc) is 0.822. The molecule has 2 heterocycles. The zero-order chi connectivity index (χ0) is 96.9. The van der Waals surface area contributed by atoms with Crippen molar-refractivity contribution in [1.82, 2.24) is 9.97 Å². The highest BCUT2D eigenvalue weighted by atomic mass is 127. The van der Waals surface area contributed by atoms with E-state index in [0.29, 0.717) is 146 Å². The number of anilines is 10. The molecule has 0 atom stereocenters. The number of rotatable bonds is 21. The number of nitrogens with zero attached hydrogens (tertiary/aromatic N) is 2. The Bertz CT molecular complexity index is 6030. The second-order valence-corrected chi connectivity index (χ2v) is 37.1. The van der Waals surface area contributed by atoms with Crippen molar-refractivity contribution in [3.63, 3.8) is 0 Å². The van der Waals surface area contributed by atoms with Crippen molar-refractivity contribution in [2.45, 2.75) is 82.0 Å². The van der Waals surface area contributed by atoms with Gasteiger partial charge in [-0.2, -0.15) is 0 Å². The summed E-state index contributed by atoms with van der Waals surface area (Å²) >= 11 is 2.22. The first-order chi connectivity index (χ1) is 63.8. The molecular formula is C109H121IN12O10Si. The van der Waals surface area contributed by atoms with Crippen molar-refractivity contribution in [1.29, 1.82) is 0 Å². The van der Waals surface area contributed by atoms with Crippen molar-refractivity contribution in [2.75, 3.05) is 142 Å². The molecule has 0 bridgehead atoms. The van der Waals surface area contributed by atoms with E-state index in [9.17, 15) is 9.59 Å². The van der Waals surface area contributed by atoms with Gasteiger partial charge in [0.15, 0.2) is 0 Å². The minimum Gasteiger partial charge on any atom is -0.491 e. The third-order valence-corrected chi connectivity index (χ3v) is 19.8. The molecule has 0 fully saturated rings. The molecule has 12 rings (SSSR count). The van der Waals surface area contributed by atoms with Crippen molar-refractivity contribution >= 4 is 99.6 Å². The number of hydrogen-bond acceptors (Lipinski definition) is 18. The van der Waals surface area contributed by atoms with Gasteiger partial charge in [0.2, 0.25) is 0 Å². The van der Waals surface area contributed by atoms with E-state index in [-0.39, 0.29) is 19.2 Å². The number of nitrogen functional groups attached to an aromatic ring is 6. The lowest BCUT2D eigenvalue weighted by Gasteiger charge is -2.11. The van der Waals surface area contributed by atoms with Crippen LogP contribution in [-0.2, 0) is 23.7 Å². The lowest BCUT2D eigenvalue weighted by atomic mass is 10.1. The van der Waals surface area contributed by atoms with Gasteiger partial charge in [-0.15, -0.1) is 12.0 Å². The summed E-state index contributed by atoms with van der Waals surface area (Å²) in [5.41, 5.74) is 61.6. The third-order valence-electron chi connectivity index (χ3n) is 18.0. The maximum Gasteiger partial charge on any atom is 0.323 e. The van der Waals surface area contributed by atoms with E-state index >= 15 is 0 Å². The van der Waals surface area contributed by atoms with Crippen LogP contribution in [0.4, 0.5) is 66.5 Å². The molecule has 22 nitrogen and oxygen atoms in total. The molecule has 0 aliphatic carbocycles. The van der Waals surface area contributed by atoms with Gasteiger partial charge < -0.3 is 94.3 Å². The average molecular weight is 1910 g/mol. The van der Waals surface area contributed by atoms with Gasteiger partial charge in [0.25, 0.3) is 0 Å². The van der Waals surface area contributed by atoms with Gasteiger partial charge in [0.05, 0.1) is 84.1 Å². The molecule has 688 valence electrons. The summed E-state index contributed by atoms with van der Waals surface area (Å²) in [6.45, 7) is 29.4. The van der Waals surface area contributed by atoms with E-state index in [0.717, 1.165) is 76.3 Å². The molecule has 12 aromatic rings. The summed E-state index contributed by atoms with van der Waals surface area (Å²) < 4.78 is 32.4. The molecule has 18 N–H and O–H groups in total. The SMILES string of the molecule is C#Cc1cc(C)ccc1N.COCCOCCOCCOc1ccc(NC(=O)Nc2ccc(C)cc2C#Cc2cccc(C#Cc3cc(C)ccc3NC(=O)Nc3ccc(C)cc3)n2)cc1.Cc1ccc(N)c(C#C[Si](C)(C)C)c1.Cc1ccc(N)c(C#Cc2cccc(C#Cc3cc(C)ccc3N)n2)c1.Cc1ccc(N)c(I)c1.Cc1ccc(N)cc1.OCCOCCOCCO. The predicted octanol–water partition coefficient (Wildman–Crippen LogP) is 18.9. The van der Waals surface area contributed by atoms with E-state index in [4.69, 9.17) is 79.5 Å². The molecule has 2 aromatic heterocycles. The maximum absolute atomic E-state index is 13.0. The number of nitrogens with one attached hydrogen (secondary N) is 4. The third kappa shape index (κ3) is 44.2. The number of aliphatic hydroxyl groups excluding tert-OH is 2. The molecule has 4 amide bonds. The molecule has 0 aliphatic heterocycles. The van der Waals surface area contributed by atoms with E-state index in [1.807, 2.05) is 243 Å². The molecular weight excluding hydrogens is 1790 g/mol. The quantitative estimate of drug-likeness (QED) is 0.0104. The zero-order valence-corrected chi connectivity index (χ0v) is 81.1. The molecule has 0 aliphatic rings. The molecule has 0 unspecified atom stereocenters. The van der Waals surface area contributed by atoms with Crippen LogP contribution in [-0.4, -0.2) is 127 Å². The highest BCUT2D eigenvalue weighted by molar-refractivity contribution is 14.1. The zero-order valence-electron chi connectivity index (χ0n) is 78.0. The van der Waals surface area contributed by atoms with Gasteiger partial charge in [-0.1, -0.05) is 145 Å². The largest absolute Gasteiger partial charge is 0.491 e. The molecule has 0 saturated heterocycles. The number of pyridine rings is 2. The number of carbonyl (C=O) groups excluding carboxylic acids is 2. The number of carbonyl (C=O) groups is 2. The number of halogens is 1. The second-order valence-electron chi connectivity index (χ2n) is 31.1. The van der Waals surface area contributed by atoms with E-state index in [2.05, 4.69) is 158 Å². The summed E-state index contributed by atoms with van der Waals surface area (Å²) in [6.07, 6.45) is 5.19. The van der Waals surface area contributed by atoms with Crippen LogP contribution in [0.5, 0.6) is 5.75 Å². The lowest BCUT2D eigenvalue weighted by molar-refractivity contribution is 0.0180. The smallest absolute Gasteiger partial charge is 0.323 e. The number of amides is 4. The Morgan fingerprint density at radius 1 is 0.353 bits per heavy atom. The summed E-state index contributed by atoms with van der Waals surface area (Å²) in [4.78, 5) is 34.8. The van der Waals surface area contributed by atoms with Gasteiger partial charge in [0.1, 0.15) is 43.2 Å². The Morgan fingerprint density at radius 2 is 0.662 bits per heavy atom. The number of aryl methyl sites for hydroxylation is 9. The molecule has 10 aromatic carbocycles. The topological polar surface area (TPSA) is 360 Å². The molecule has 0 saturated carbocycles. The van der Waals surface area contributed by atoms with Crippen molar-refractivity contribution in [2.24, 2.45) is 0 Å². The van der Waals surface area contributed by atoms with Gasteiger partial charge in [-0.05, 0) is 305 Å². The Morgan fingerprint density at radius 3 is 1.02 bits per heavy atom. The Kier molecular flexibility index (Phi) is 47.7. The van der Waals surface area contributed by atoms with Gasteiger partial charge in [0, 0.05) is 89.6 Å². The summed E-state index contributed by atoms with van der Waals surface area (Å²) in [5.74, 6) is 31.1. The standard InChI is InChI=1S/C45H45N5O6.C23H19N3.C12H17NSi.C9H9N.C7H8IN.C7H9N.C6H14O4/c1-32-8-14-39(15-9-32)47-44(51)49-42-22-10-33(2)30-35(42)12-16-37-6-5-7-38(46-37)17-13-36-31-34(3)11-23-43(36)50-45(52)48-40-18-20-41(21-19-40)56-29-28-55-27-26-54-25-24-53-4;1-16-6-12-22(24)18(14-16)8-10-20-4-3-5-21(26-20)11-9-19-15-17(2)7-13-23(19)25;1-10-5-6-12(13)11(9-10)7-8-14(2,3)4;1-3-8-6-7(2)4-5-9(8)10;1-5-2-3-7(9)6(8)4-5;1-6-2-4-7(8)5-3-6;7-1-3-9-5-6-10-4-2-8/h5-11,14-15,18-23,30-31H,24-29H2,1-4H3,(H2,47,49,51)(H2,48,50,52);3-7,12-15H,24-25H2,1-2H3;5-6,9H,13H2,1-4H3;1,4-6H,10H2,2H3;2-4H,9H2,1H3;2-5H,8H2,1H3;7-8H,1-6H2. The summed E-state index contributed by atoms with van der Waals surface area (Å²) in [7, 11) is 0.335. The number of aromatic nitrogens is 2. The fourth-order valence-electron chi connectivity index (χ4n) is 11.0. The van der Waals surface area contributed by atoms with E-state index < -0.39 is 14.1 Å². The first-order valence-corrected chi connectivity index (χ1v) is 47.3. The van der Waals surface area contributed by atoms with E-state index in [1.165, 1.54) is 16.7 Å². The molecule has 133 heavy (non-hydrogen) atoms. The maximum atomic E-state index is 13.0. The fraction of sp³-hybridized carbons (Fsp3) is 0.229. The normalized spacial score (nSPS) is 9.95. The number of aliphatic hydroxyl groups is 2. The van der Waals surface area contributed by atoms with Crippen molar-refractivity contribution in [3.8, 4) is 76.9 Å². The van der Waals surface area contributed by atoms with Crippen LogP contribution in [0.3, 0.4) is 0 Å². The van der Waals surface area contributed by atoms with Crippen LogP contribution in [0.15, 0.2) is 237 Å². The van der Waals surface area contributed by atoms with E-state index in [1.54, 1.807) is 43.5 Å². The van der Waals surface area contributed by atoms with Gasteiger partial charge in [-0.3, -0.25) is 0 Å². The first kappa shape index (κ1) is 107. The van der Waals surface area contributed by atoms with Crippen LogP contribution in [0.1, 0.15) is 106 Å². The highest BCUT2D eigenvalue weighted by Gasteiger charge is 2.12. The number of ether oxygens (including phenoxy) is 6. The summed E-state index contributed by atoms with van der Waals surface area (Å²) in [5, 5.41) is 28.0. The number of urea groups is 2. The Balaban J connectivity index is 0.000000286. The number of hydrogen-bond donors (Lipinski definition) is 12. The molecule has 0 radical (unpaired) electrons. The fourth-order valence-corrected chi connectivity index (χ4v) is 12.2. The number of terminal acetylenes is 1. The minimum absolute atomic E-state index is 0.0417. The second kappa shape index (κ2) is 59.1. The predicted molar refractivity (Wildman–Crippen MR) is 557 cm³/mol. The monoisotopic (exact) mass is 1910 g/mol. The Labute approximate surface area is 799 Å². The molecule has 0 spiro atoms. The van der Waals surface area contributed by atoms with Gasteiger partial charge in [-0.25, -0.2) is 19.6 Å². The minimum atomic E-state index is -1.30. The van der Waals surface area contributed by atoms with Crippen LogP contribution >= 0.6 is 22.6 Å². The summed E-state index contributed by atoms with van der Waals surface area (Å²) in [6, 6.07) is 73.2. The Hall–Kier alpha value is -14.3. The van der Waals surface area contributed by atoms with Crippen molar-refractivity contribution in [3.05, 3.63) is 346 Å². The number of methoxy groups -OCH3 is 1.